The number of nitrogens with two attached hydrogens (primary N) is 1. The number of para-hydroxylation sites is 2. The van der Waals surface area contributed by atoms with Gasteiger partial charge in [-0.3, -0.25) is 14.5 Å². The zero-order chi connectivity index (χ0) is 31.2. The van der Waals surface area contributed by atoms with Gasteiger partial charge < -0.3 is 39.4 Å². The van der Waals surface area contributed by atoms with Crippen molar-refractivity contribution in [2.75, 3.05) is 60.3 Å². The van der Waals surface area contributed by atoms with Gasteiger partial charge in [0.25, 0.3) is 5.97 Å². The molecule has 0 bridgehead atoms. The standard InChI is InChI=1S/C30H43N3O6.C2H4O2/c1-4-5-13-32(14-9-8-12-31)29(34)19-33-18-23(22-16-27(36-3)30-28(17-22)38-21-39-30)15-24(33)20-37-26-11-7-6-10-25(26)35-2;1-2(3)4/h6-7,10-11,16-17,23-24H,4-5,8-9,12-15,18-21,31H2,1-3H3;1H3,(H,3,4)/t23?,24-;/m1./s1. The molecule has 2 atom stereocenters. The van der Waals surface area contributed by atoms with Crippen molar-refractivity contribution in [3.05, 3.63) is 42.0 Å². The lowest BCUT2D eigenvalue weighted by Crippen LogP contribution is -2.44. The summed E-state index contributed by atoms with van der Waals surface area (Å²) < 4.78 is 28.6. The average Bonchev–Trinajstić information content (AvgIpc) is 3.64. The Balaban J connectivity index is 0.00000119. The third-order valence-electron chi connectivity index (χ3n) is 7.54. The molecule has 2 aromatic rings. The molecule has 43 heavy (non-hydrogen) atoms. The summed E-state index contributed by atoms with van der Waals surface area (Å²) in [6, 6.07) is 11.8. The number of likely N-dealkylation sites (tertiary alicyclic amines) is 1. The predicted octanol–water partition coefficient (Wildman–Crippen LogP) is 4.13. The van der Waals surface area contributed by atoms with Gasteiger partial charge in [0.1, 0.15) is 6.61 Å². The molecule has 0 aromatic heterocycles. The van der Waals surface area contributed by atoms with E-state index in [0.29, 0.717) is 48.4 Å². The number of hydrogen-bond acceptors (Lipinski definition) is 9. The highest BCUT2D eigenvalue weighted by Gasteiger charge is 2.36. The van der Waals surface area contributed by atoms with Crippen LogP contribution in [0.2, 0.25) is 0 Å². The first kappa shape index (κ1) is 33.8. The zero-order valence-electron chi connectivity index (χ0n) is 25.9. The van der Waals surface area contributed by atoms with Crippen LogP contribution in [-0.4, -0.2) is 93.2 Å². The fourth-order valence-corrected chi connectivity index (χ4v) is 5.33. The van der Waals surface area contributed by atoms with Crippen molar-refractivity contribution in [2.24, 2.45) is 5.73 Å². The molecule has 1 saturated heterocycles. The van der Waals surface area contributed by atoms with E-state index in [0.717, 1.165) is 64.2 Å². The molecule has 1 amide bonds. The van der Waals surface area contributed by atoms with Crippen molar-refractivity contribution in [3.8, 4) is 28.7 Å². The molecule has 3 N–H and O–H groups in total. The minimum atomic E-state index is -0.833. The first-order chi connectivity index (χ1) is 20.8. The van der Waals surface area contributed by atoms with E-state index < -0.39 is 5.97 Å². The van der Waals surface area contributed by atoms with Gasteiger partial charge in [0.2, 0.25) is 18.4 Å². The number of amides is 1. The molecule has 0 radical (unpaired) electrons. The van der Waals surface area contributed by atoms with Gasteiger partial charge in [-0.2, -0.15) is 0 Å². The van der Waals surface area contributed by atoms with Crippen molar-refractivity contribution < 1.29 is 38.4 Å². The van der Waals surface area contributed by atoms with Crippen molar-refractivity contribution >= 4 is 11.9 Å². The summed E-state index contributed by atoms with van der Waals surface area (Å²) in [6.45, 7) is 7.13. The molecule has 11 heteroatoms. The molecule has 1 unspecified atom stereocenters. The van der Waals surface area contributed by atoms with Gasteiger partial charge in [-0.25, -0.2) is 0 Å². The molecule has 0 aliphatic carbocycles. The number of benzene rings is 2. The summed E-state index contributed by atoms with van der Waals surface area (Å²) in [6.07, 6.45) is 4.73. The lowest BCUT2D eigenvalue weighted by atomic mass is 9.95. The zero-order valence-corrected chi connectivity index (χ0v) is 25.9. The van der Waals surface area contributed by atoms with E-state index >= 15 is 0 Å². The van der Waals surface area contributed by atoms with Crippen LogP contribution in [0.3, 0.4) is 0 Å². The number of nitrogens with zero attached hydrogens (tertiary/aromatic N) is 2. The van der Waals surface area contributed by atoms with Gasteiger partial charge in [0.05, 0.1) is 20.8 Å². The van der Waals surface area contributed by atoms with Gasteiger partial charge in [0.15, 0.2) is 23.0 Å². The summed E-state index contributed by atoms with van der Waals surface area (Å²) in [5.74, 6) is 2.92. The maximum Gasteiger partial charge on any atom is 0.300 e. The number of methoxy groups -OCH3 is 2. The van der Waals surface area contributed by atoms with Gasteiger partial charge in [0, 0.05) is 32.6 Å². The second-order valence-corrected chi connectivity index (χ2v) is 10.7. The lowest BCUT2D eigenvalue weighted by molar-refractivity contribution is -0.134. The molecule has 2 heterocycles. The molecule has 2 aliphatic rings. The first-order valence-corrected chi connectivity index (χ1v) is 15.0. The van der Waals surface area contributed by atoms with Crippen LogP contribution in [0.25, 0.3) is 0 Å². The SMILES string of the molecule is CC(=O)O.CCCCN(CCCCN)C(=O)CN1CC(c2cc(OC)c3c(c2)OCO3)C[C@@H]1COc1ccccc1OC. The number of carboxylic acids is 1. The molecular formula is C32H47N3O8. The van der Waals surface area contributed by atoms with E-state index in [2.05, 4.69) is 11.8 Å². The molecular weight excluding hydrogens is 554 g/mol. The Kier molecular flexibility index (Phi) is 13.7. The number of ether oxygens (including phenoxy) is 5. The number of carboxylic acid groups (broad SMARTS) is 1. The highest BCUT2D eigenvalue weighted by atomic mass is 16.7. The topological polar surface area (TPSA) is 133 Å². The summed E-state index contributed by atoms with van der Waals surface area (Å²) in [5.41, 5.74) is 6.82. The van der Waals surface area contributed by atoms with Gasteiger partial charge >= 0.3 is 0 Å². The molecule has 2 aromatic carbocycles. The third-order valence-corrected chi connectivity index (χ3v) is 7.54. The number of hydrogen-bond donors (Lipinski definition) is 2. The van der Waals surface area contributed by atoms with E-state index in [4.69, 9.17) is 39.3 Å². The van der Waals surface area contributed by atoms with Crippen molar-refractivity contribution in [2.45, 2.75) is 57.9 Å². The lowest BCUT2D eigenvalue weighted by Gasteiger charge is -2.28. The van der Waals surface area contributed by atoms with E-state index in [1.165, 1.54) is 0 Å². The Morgan fingerprint density at radius 1 is 1.05 bits per heavy atom. The molecule has 0 saturated carbocycles. The summed E-state index contributed by atoms with van der Waals surface area (Å²) in [7, 11) is 3.28. The van der Waals surface area contributed by atoms with E-state index in [1.54, 1.807) is 14.2 Å². The second-order valence-electron chi connectivity index (χ2n) is 10.7. The molecule has 4 rings (SSSR count). The Morgan fingerprint density at radius 2 is 1.74 bits per heavy atom. The number of rotatable bonds is 15. The second kappa shape index (κ2) is 17.4. The minimum Gasteiger partial charge on any atom is -0.493 e. The quantitative estimate of drug-likeness (QED) is 0.287. The van der Waals surface area contributed by atoms with Crippen LogP contribution in [0.4, 0.5) is 0 Å². The molecule has 2 aliphatic heterocycles. The Labute approximate surface area is 254 Å². The van der Waals surface area contributed by atoms with Crippen molar-refractivity contribution in [1.82, 2.24) is 9.80 Å². The number of aliphatic carboxylic acids is 1. The Bertz CT molecular complexity index is 1170. The fourth-order valence-electron chi connectivity index (χ4n) is 5.33. The minimum absolute atomic E-state index is 0.0531. The van der Waals surface area contributed by atoms with Crippen LogP contribution in [-0.2, 0) is 9.59 Å². The number of fused-ring (bicyclic) bond motifs is 1. The van der Waals surface area contributed by atoms with Crippen LogP contribution in [0, 0.1) is 0 Å². The smallest absolute Gasteiger partial charge is 0.300 e. The number of carbonyl (C=O) groups excluding carboxylic acids is 1. The van der Waals surface area contributed by atoms with Crippen LogP contribution in [0.5, 0.6) is 28.7 Å². The largest absolute Gasteiger partial charge is 0.493 e. The van der Waals surface area contributed by atoms with E-state index in [1.807, 2.05) is 41.3 Å². The summed E-state index contributed by atoms with van der Waals surface area (Å²) in [5, 5.41) is 7.42. The normalized spacial score (nSPS) is 17.1. The molecule has 238 valence electrons. The van der Waals surface area contributed by atoms with Crippen molar-refractivity contribution in [3.63, 3.8) is 0 Å². The average molecular weight is 602 g/mol. The van der Waals surface area contributed by atoms with E-state index in [-0.39, 0.29) is 24.7 Å². The fraction of sp³-hybridized carbons (Fsp3) is 0.562. The van der Waals surface area contributed by atoms with Crippen LogP contribution < -0.4 is 29.4 Å². The number of unbranched alkanes of at least 4 members (excludes halogenated alkanes) is 2. The highest BCUT2D eigenvalue weighted by molar-refractivity contribution is 5.78. The van der Waals surface area contributed by atoms with Gasteiger partial charge in [-0.15, -0.1) is 0 Å². The highest BCUT2D eigenvalue weighted by Crippen LogP contribution is 2.45. The predicted molar refractivity (Wildman–Crippen MR) is 163 cm³/mol. The molecule has 11 nitrogen and oxygen atoms in total. The third kappa shape index (κ3) is 9.93. The van der Waals surface area contributed by atoms with Crippen molar-refractivity contribution in [1.29, 1.82) is 0 Å². The number of carbonyl (C=O) groups is 2. The van der Waals surface area contributed by atoms with Gasteiger partial charge in [-0.05, 0) is 68.0 Å². The maximum absolute atomic E-state index is 13.6. The van der Waals surface area contributed by atoms with Crippen LogP contribution in [0.15, 0.2) is 36.4 Å². The monoisotopic (exact) mass is 601 g/mol. The summed E-state index contributed by atoms with van der Waals surface area (Å²) >= 11 is 0. The maximum atomic E-state index is 13.6. The Morgan fingerprint density at radius 3 is 2.42 bits per heavy atom. The summed E-state index contributed by atoms with van der Waals surface area (Å²) in [4.78, 5) is 26.8. The molecule has 1 fully saturated rings. The van der Waals surface area contributed by atoms with Gasteiger partial charge in [-0.1, -0.05) is 25.5 Å². The molecule has 0 spiro atoms. The van der Waals surface area contributed by atoms with Crippen LogP contribution in [0.1, 0.15) is 57.4 Å². The van der Waals surface area contributed by atoms with Crippen LogP contribution >= 0.6 is 0 Å². The van der Waals surface area contributed by atoms with E-state index in [9.17, 15) is 4.79 Å². The Hall–Kier alpha value is -3.70. The first-order valence-electron chi connectivity index (χ1n) is 15.0.